The van der Waals surface area contributed by atoms with Gasteiger partial charge in [-0.2, -0.15) is 0 Å². The van der Waals surface area contributed by atoms with E-state index in [0.29, 0.717) is 17.1 Å². The van der Waals surface area contributed by atoms with Crippen LogP contribution < -0.4 is 14.8 Å². The zero-order chi connectivity index (χ0) is 19.6. The monoisotopic (exact) mass is 366 g/mol. The number of nitrogens with one attached hydrogen (secondary N) is 1. The zero-order valence-electron chi connectivity index (χ0n) is 15.6. The van der Waals surface area contributed by atoms with E-state index >= 15 is 0 Å². The van der Waals surface area contributed by atoms with Crippen LogP contribution in [0.3, 0.4) is 0 Å². The number of ether oxygens (including phenoxy) is 2. The molecule has 0 aliphatic carbocycles. The lowest BCUT2D eigenvalue weighted by Crippen LogP contribution is -2.29. The van der Waals surface area contributed by atoms with Gasteiger partial charge in [0.15, 0.2) is 6.61 Å². The molecule has 2 aromatic rings. The van der Waals surface area contributed by atoms with Gasteiger partial charge in [0, 0.05) is 31.3 Å². The topological polar surface area (TPSA) is 67.9 Å². The smallest absolute Gasteiger partial charge is 0.258 e. The third-order valence-electron chi connectivity index (χ3n) is 3.56. The first kappa shape index (κ1) is 19.9. The van der Waals surface area contributed by atoms with Gasteiger partial charge in [0.05, 0.1) is 13.7 Å². The van der Waals surface area contributed by atoms with Crippen LogP contribution >= 0.6 is 0 Å². The number of methoxy groups -OCH3 is 1. The molecule has 27 heavy (non-hydrogen) atoms. The van der Waals surface area contributed by atoms with Crippen molar-refractivity contribution in [1.29, 1.82) is 0 Å². The van der Waals surface area contributed by atoms with Gasteiger partial charge in [-0.15, -0.1) is 0 Å². The summed E-state index contributed by atoms with van der Waals surface area (Å²) in [6.07, 6.45) is 0. The predicted molar refractivity (Wildman–Crippen MR) is 103 cm³/mol. The van der Waals surface area contributed by atoms with Gasteiger partial charge in [0.2, 0.25) is 0 Å². The molecule has 0 saturated heterocycles. The molecule has 6 heteroatoms. The highest BCUT2D eigenvalue weighted by Crippen LogP contribution is 2.18. The van der Waals surface area contributed by atoms with E-state index in [-0.39, 0.29) is 25.0 Å². The minimum absolute atomic E-state index is 0.0576. The van der Waals surface area contributed by atoms with Crippen molar-refractivity contribution in [3.05, 3.63) is 59.7 Å². The van der Waals surface area contributed by atoms with Crippen LogP contribution in [-0.2, 0) is 4.79 Å². The van der Waals surface area contributed by atoms with Crippen LogP contribution in [0.2, 0.25) is 0 Å². The summed E-state index contributed by atoms with van der Waals surface area (Å²) >= 11 is 0. The number of carbonyl (C=O) groups is 2. The number of benzene rings is 2. The van der Waals surface area contributed by atoms with E-state index in [1.54, 1.807) is 69.7 Å². The number of hydrogen-bond donors (Lipinski definition) is 1. The maximum absolute atomic E-state index is 11.8. The van der Waals surface area contributed by atoms with E-state index in [1.807, 2.05) is 0 Å². The van der Waals surface area contributed by atoms with Crippen LogP contribution in [0.1, 0.15) is 15.9 Å². The van der Waals surface area contributed by atoms with Gasteiger partial charge in [-0.3, -0.25) is 9.59 Å². The van der Waals surface area contributed by atoms with E-state index in [1.165, 1.54) is 4.90 Å². The molecule has 0 aliphatic rings. The van der Waals surface area contributed by atoms with Crippen molar-refractivity contribution < 1.29 is 19.1 Å². The van der Waals surface area contributed by atoms with E-state index in [9.17, 15) is 9.59 Å². The average Bonchev–Trinajstić information content (AvgIpc) is 2.69. The van der Waals surface area contributed by atoms with Crippen LogP contribution in [0.15, 0.2) is 48.5 Å². The second-order valence-corrected chi connectivity index (χ2v) is 5.82. The molecule has 0 spiro atoms. The maximum atomic E-state index is 11.8. The van der Waals surface area contributed by atoms with Crippen molar-refractivity contribution in [3.63, 3.8) is 0 Å². The minimum atomic E-state index is -0.265. The van der Waals surface area contributed by atoms with Crippen molar-refractivity contribution in [2.45, 2.75) is 0 Å². The molecular weight excluding hydrogens is 344 g/mol. The predicted octanol–water partition coefficient (Wildman–Crippen LogP) is 1.94. The molecular formula is C21H22N2O4. The van der Waals surface area contributed by atoms with E-state index in [2.05, 4.69) is 17.2 Å². The van der Waals surface area contributed by atoms with Gasteiger partial charge < -0.3 is 19.7 Å². The summed E-state index contributed by atoms with van der Waals surface area (Å²) in [5.41, 5.74) is 1.38. The number of rotatable bonds is 6. The Morgan fingerprint density at radius 1 is 1.07 bits per heavy atom. The van der Waals surface area contributed by atoms with Crippen LogP contribution in [0, 0.1) is 11.8 Å². The largest absolute Gasteiger partial charge is 0.497 e. The molecule has 6 nitrogen and oxygen atoms in total. The summed E-state index contributed by atoms with van der Waals surface area (Å²) < 4.78 is 10.5. The van der Waals surface area contributed by atoms with Gasteiger partial charge in [-0.25, -0.2) is 0 Å². The molecule has 2 rings (SSSR count). The highest BCUT2D eigenvalue weighted by Gasteiger charge is 2.06. The molecule has 0 heterocycles. The SMILES string of the molecule is COc1cccc(OCC(=O)NCC#Cc2ccc(C(=O)N(C)C)cc2)c1. The number of hydrogen-bond acceptors (Lipinski definition) is 4. The molecule has 2 aromatic carbocycles. The molecule has 0 bridgehead atoms. The summed E-state index contributed by atoms with van der Waals surface area (Å²) in [7, 11) is 4.98. The standard InChI is InChI=1S/C21H22N2O4/c1-23(2)21(25)17-11-9-16(10-12-17)6-5-13-22-20(24)15-27-19-8-4-7-18(14-19)26-3/h4,7-12,14H,13,15H2,1-3H3,(H,22,24). The van der Waals surface area contributed by atoms with Crippen molar-refractivity contribution in [2.75, 3.05) is 34.4 Å². The van der Waals surface area contributed by atoms with Crippen LogP contribution in [-0.4, -0.2) is 51.1 Å². The summed E-state index contributed by atoms with van der Waals surface area (Å²) in [5, 5.41) is 2.67. The number of nitrogens with zero attached hydrogens (tertiary/aromatic N) is 1. The summed E-state index contributed by atoms with van der Waals surface area (Å²) in [6, 6.07) is 14.0. The Morgan fingerprint density at radius 2 is 1.78 bits per heavy atom. The fourth-order valence-electron chi connectivity index (χ4n) is 2.13. The zero-order valence-corrected chi connectivity index (χ0v) is 15.6. The normalized spacial score (nSPS) is 9.59. The van der Waals surface area contributed by atoms with Gasteiger partial charge in [-0.1, -0.05) is 17.9 Å². The second-order valence-electron chi connectivity index (χ2n) is 5.82. The quantitative estimate of drug-likeness (QED) is 0.794. The lowest BCUT2D eigenvalue weighted by atomic mass is 10.1. The van der Waals surface area contributed by atoms with Crippen LogP contribution in [0.4, 0.5) is 0 Å². The lowest BCUT2D eigenvalue weighted by molar-refractivity contribution is -0.122. The molecule has 0 unspecified atom stereocenters. The third-order valence-corrected chi connectivity index (χ3v) is 3.56. The van der Waals surface area contributed by atoms with Crippen LogP contribution in [0.25, 0.3) is 0 Å². The molecule has 0 radical (unpaired) electrons. The van der Waals surface area contributed by atoms with Gasteiger partial charge in [0.25, 0.3) is 11.8 Å². The summed E-state index contributed by atoms with van der Waals surface area (Å²) in [4.78, 5) is 25.1. The Hall–Kier alpha value is -3.46. The Balaban J connectivity index is 1.77. The van der Waals surface area contributed by atoms with Crippen molar-refractivity contribution in [1.82, 2.24) is 10.2 Å². The Morgan fingerprint density at radius 3 is 2.44 bits per heavy atom. The van der Waals surface area contributed by atoms with Crippen LogP contribution in [0.5, 0.6) is 11.5 Å². The molecule has 1 N–H and O–H groups in total. The minimum Gasteiger partial charge on any atom is -0.497 e. The first-order valence-electron chi connectivity index (χ1n) is 8.33. The first-order valence-corrected chi connectivity index (χ1v) is 8.33. The lowest BCUT2D eigenvalue weighted by Gasteiger charge is -2.09. The van der Waals surface area contributed by atoms with Crippen molar-refractivity contribution in [2.24, 2.45) is 0 Å². The molecule has 2 amide bonds. The van der Waals surface area contributed by atoms with Gasteiger partial charge >= 0.3 is 0 Å². The Labute approximate surface area is 159 Å². The molecule has 0 aliphatic heterocycles. The van der Waals surface area contributed by atoms with E-state index < -0.39 is 0 Å². The third kappa shape index (κ3) is 6.40. The van der Waals surface area contributed by atoms with E-state index in [4.69, 9.17) is 9.47 Å². The summed E-state index contributed by atoms with van der Waals surface area (Å²) in [6.45, 7) is 0.106. The van der Waals surface area contributed by atoms with E-state index in [0.717, 1.165) is 5.56 Å². The second kappa shape index (κ2) is 9.88. The first-order chi connectivity index (χ1) is 13.0. The average molecular weight is 366 g/mol. The van der Waals surface area contributed by atoms with Crippen molar-refractivity contribution in [3.8, 4) is 23.3 Å². The van der Waals surface area contributed by atoms with Gasteiger partial charge in [-0.05, 0) is 36.4 Å². The molecule has 0 aromatic heterocycles. The molecule has 0 saturated carbocycles. The number of amides is 2. The Kier molecular flexibility index (Phi) is 7.26. The molecule has 0 atom stereocenters. The fraction of sp³-hybridized carbons (Fsp3) is 0.238. The van der Waals surface area contributed by atoms with Crippen molar-refractivity contribution >= 4 is 11.8 Å². The fourth-order valence-corrected chi connectivity index (χ4v) is 2.13. The Bertz CT molecular complexity index is 848. The maximum Gasteiger partial charge on any atom is 0.258 e. The molecule has 140 valence electrons. The summed E-state index contributed by atoms with van der Waals surface area (Å²) in [5.74, 6) is 6.70. The number of carbonyl (C=O) groups excluding carboxylic acids is 2. The highest BCUT2D eigenvalue weighted by atomic mass is 16.5. The van der Waals surface area contributed by atoms with Gasteiger partial charge in [0.1, 0.15) is 11.5 Å². The molecule has 0 fully saturated rings. The highest BCUT2D eigenvalue weighted by molar-refractivity contribution is 5.93.